The lowest BCUT2D eigenvalue weighted by molar-refractivity contribution is 0.0777. The van der Waals surface area contributed by atoms with E-state index < -0.39 is 0 Å². The summed E-state index contributed by atoms with van der Waals surface area (Å²) in [5.41, 5.74) is 1.17. The van der Waals surface area contributed by atoms with Gasteiger partial charge in [0.2, 0.25) is 0 Å². The molecule has 0 aromatic carbocycles. The number of nitrogens with zero attached hydrogens (tertiary/aromatic N) is 2. The minimum Gasteiger partial charge on any atom is -0.361 e. The number of amides is 1. The topological polar surface area (TPSA) is 62.1 Å². The molecule has 0 atom stereocenters. The molecule has 5 nitrogen and oxygen atoms in total. The summed E-state index contributed by atoms with van der Waals surface area (Å²) < 4.78 is 4.94. The Morgan fingerprint density at radius 3 is 2.88 bits per heavy atom. The van der Waals surface area contributed by atoms with E-state index in [0.717, 1.165) is 11.5 Å². The summed E-state index contributed by atoms with van der Waals surface area (Å²) in [6, 6.07) is 3.39. The molecule has 0 unspecified atom stereocenters. The predicted octanol–water partition coefficient (Wildman–Crippen LogP) is 2.24. The van der Waals surface area contributed by atoms with Crippen LogP contribution in [0.4, 0.5) is 0 Å². The number of nitrogens with one attached hydrogen (secondary N) is 1. The van der Waals surface area contributed by atoms with Crippen molar-refractivity contribution >= 4 is 17.5 Å². The molecule has 0 fully saturated rings. The molecule has 0 aliphatic carbocycles. The summed E-state index contributed by atoms with van der Waals surface area (Å²) in [5, 5.41) is 4.34. The Balaban J connectivity index is 2.05. The maximum absolute atomic E-state index is 11.9. The van der Waals surface area contributed by atoms with E-state index in [1.807, 2.05) is 6.92 Å². The number of halogens is 1. The van der Waals surface area contributed by atoms with E-state index in [4.69, 9.17) is 16.1 Å². The molecule has 2 aromatic rings. The van der Waals surface area contributed by atoms with Crippen molar-refractivity contribution in [1.29, 1.82) is 0 Å². The Morgan fingerprint density at radius 1 is 1.59 bits per heavy atom. The van der Waals surface area contributed by atoms with Crippen molar-refractivity contribution in [2.75, 3.05) is 7.05 Å². The van der Waals surface area contributed by atoms with Crippen LogP contribution >= 0.6 is 11.6 Å². The minimum absolute atomic E-state index is 0.141. The van der Waals surface area contributed by atoms with Crippen LogP contribution in [-0.2, 0) is 6.54 Å². The summed E-state index contributed by atoms with van der Waals surface area (Å²) in [5.74, 6) is 0.585. The zero-order chi connectivity index (χ0) is 12.4. The average molecular weight is 254 g/mol. The predicted molar refractivity (Wildman–Crippen MR) is 62.8 cm³/mol. The van der Waals surface area contributed by atoms with Crippen LogP contribution in [0.5, 0.6) is 0 Å². The SMILES string of the molecule is Cc1cc(CN(C)C(=O)c2cc(Cl)c[nH]2)no1. The van der Waals surface area contributed by atoms with Gasteiger partial charge in [0.05, 0.1) is 11.6 Å². The first-order valence-electron chi connectivity index (χ1n) is 5.08. The first-order chi connectivity index (χ1) is 8.06. The van der Waals surface area contributed by atoms with Crippen LogP contribution in [-0.4, -0.2) is 28.0 Å². The summed E-state index contributed by atoms with van der Waals surface area (Å²) in [6.45, 7) is 2.20. The molecule has 0 saturated heterocycles. The normalized spacial score (nSPS) is 10.5. The Hall–Kier alpha value is -1.75. The van der Waals surface area contributed by atoms with Gasteiger partial charge in [0.15, 0.2) is 0 Å². The van der Waals surface area contributed by atoms with Gasteiger partial charge in [-0.25, -0.2) is 0 Å². The largest absolute Gasteiger partial charge is 0.361 e. The Morgan fingerprint density at radius 2 is 2.35 bits per heavy atom. The van der Waals surface area contributed by atoms with Crippen molar-refractivity contribution in [1.82, 2.24) is 15.0 Å². The third-order valence-corrected chi connectivity index (χ3v) is 2.52. The number of hydrogen-bond donors (Lipinski definition) is 1. The van der Waals surface area contributed by atoms with Gasteiger partial charge in [0.1, 0.15) is 17.1 Å². The Kier molecular flexibility index (Phi) is 3.19. The fraction of sp³-hybridized carbons (Fsp3) is 0.273. The van der Waals surface area contributed by atoms with Crippen LogP contribution in [0.1, 0.15) is 21.9 Å². The number of carbonyl (C=O) groups is 1. The van der Waals surface area contributed by atoms with E-state index in [0.29, 0.717) is 17.3 Å². The highest BCUT2D eigenvalue weighted by atomic mass is 35.5. The van der Waals surface area contributed by atoms with E-state index in [1.165, 1.54) is 0 Å². The molecule has 2 aromatic heterocycles. The molecule has 0 radical (unpaired) electrons. The summed E-state index contributed by atoms with van der Waals surface area (Å²) in [6.07, 6.45) is 1.57. The van der Waals surface area contributed by atoms with Crippen molar-refractivity contribution in [3.8, 4) is 0 Å². The van der Waals surface area contributed by atoms with Crippen LogP contribution in [0.25, 0.3) is 0 Å². The third kappa shape index (κ3) is 2.68. The molecule has 0 spiro atoms. The van der Waals surface area contributed by atoms with Crippen LogP contribution in [0.15, 0.2) is 22.9 Å². The number of hydrogen-bond acceptors (Lipinski definition) is 3. The monoisotopic (exact) mass is 253 g/mol. The van der Waals surface area contributed by atoms with Crippen molar-refractivity contribution in [2.45, 2.75) is 13.5 Å². The highest BCUT2D eigenvalue weighted by Crippen LogP contribution is 2.12. The second-order valence-corrected chi connectivity index (χ2v) is 4.26. The van der Waals surface area contributed by atoms with Gasteiger partial charge in [0, 0.05) is 19.3 Å². The summed E-state index contributed by atoms with van der Waals surface area (Å²) in [7, 11) is 1.70. The Bertz CT molecular complexity index is 532. The van der Waals surface area contributed by atoms with E-state index in [2.05, 4.69) is 10.1 Å². The van der Waals surface area contributed by atoms with Crippen LogP contribution in [0, 0.1) is 6.92 Å². The summed E-state index contributed by atoms with van der Waals surface area (Å²) in [4.78, 5) is 16.3. The van der Waals surface area contributed by atoms with Crippen LogP contribution in [0.2, 0.25) is 5.02 Å². The lowest BCUT2D eigenvalue weighted by Gasteiger charge is -2.14. The van der Waals surface area contributed by atoms with E-state index in [-0.39, 0.29) is 5.91 Å². The average Bonchev–Trinajstić information content (AvgIpc) is 2.87. The molecule has 0 bridgehead atoms. The van der Waals surface area contributed by atoms with E-state index >= 15 is 0 Å². The third-order valence-electron chi connectivity index (χ3n) is 2.30. The molecule has 2 heterocycles. The highest BCUT2D eigenvalue weighted by Gasteiger charge is 2.15. The van der Waals surface area contributed by atoms with Gasteiger partial charge in [0.25, 0.3) is 5.91 Å². The second kappa shape index (κ2) is 4.63. The number of rotatable bonds is 3. The fourth-order valence-electron chi connectivity index (χ4n) is 1.50. The Labute approximate surface area is 103 Å². The van der Waals surface area contributed by atoms with Gasteiger partial charge < -0.3 is 14.4 Å². The first kappa shape index (κ1) is 11.7. The number of aryl methyl sites for hydroxylation is 1. The zero-order valence-electron chi connectivity index (χ0n) is 9.53. The smallest absolute Gasteiger partial charge is 0.270 e. The number of H-pyrrole nitrogens is 1. The molecule has 2 rings (SSSR count). The number of aromatic amines is 1. The van der Waals surface area contributed by atoms with Gasteiger partial charge in [-0.05, 0) is 13.0 Å². The lowest BCUT2D eigenvalue weighted by atomic mass is 10.3. The lowest BCUT2D eigenvalue weighted by Crippen LogP contribution is -2.26. The van der Waals surface area contributed by atoms with Gasteiger partial charge in [-0.1, -0.05) is 16.8 Å². The van der Waals surface area contributed by atoms with Crippen molar-refractivity contribution in [3.05, 3.63) is 40.5 Å². The first-order valence-corrected chi connectivity index (χ1v) is 5.45. The maximum Gasteiger partial charge on any atom is 0.270 e. The molecule has 17 heavy (non-hydrogen) atoms. The number of carbonyl (C=O) groups excluding carboxylic acids is 1. The standard InChI is InChI=1S/C11H12ClN3O2/c1-7-3-9(14-17-7)6-15(2)11(16)10-4-8(12)5-13-10/h3-5,13H,6H2,1-2H3. The molecule has 6 heteroatoms. The molecule has 1 amide bonds. The van der Waals surface area contributed by atoms with Gasteiger partial charge in [-0.2, -0.15) is 0 Å². The zero-order valence-corrected chi connectivity index (χ0v) is 10.3. The van der Waals surface area contributed by atoms with Crippen LogP contribution < -0.4 is 0 Å². The second-order valence-electron chi connectivity index (χ2n) is 3.82. The van der Waals surface area contributed by atoms with Crippen molar-refractivity contribution < 1.29 is 9.32 Å². The maximum atomic E-state index is 11.9. The molecular formula is C11H12ClN3O2. The number of aromatic nitrogens is 2. The van der Waals surface area contributed by atoms with E-state index in [9.17, 15) is 4.79 Å². The van der Waals surface area contributed by atoms with Crippen molar-refractivity contribution in [3.63, 3.8) is 0 Å². The molecule has 0 aliphatic rings. The molecule has 0 saturated carbocycles. The van der Waals surface area contributed by atoms with Crippen molar-refractivity contribution in [2.24, 2.45) is 0 Å². The van der Waals surface area contributed by atoms with Gasteiger partial charge in [-0.3, -0.25) is 4.79 Å². The van der Waals surface area contributed by atoms with E-state index in [1.54, 1.807) is 30.3 Å². The minimum atomic E-state index is -0.141. The molecular weight excluding hydrogens is 242 g/mol. The quantitative estimate of drug-likeness (QED) is 0.912. The fourth-order valence-corrected chi connectivity index (χ4v) is 1.67. The van der Waals surface area contributed by atoms with Crippen LogP contribution in [0.3, 0.4) is 0 Å². The summed E-state index contributed by atoms with van der Waals surface area (Å²) >= 11 is 5.74. The molecule has 1 N–H and O–H groups in total. The molecule has 0 aliphatic heterocycles. The van der Waals surface area contributed by atoms with Gasteiger partial charge >= 0.3 is 0 Å². The highest BCUT2D eigenvalue weighted by molar-refractivity contribution is 6.30. The molecule has 90 valence electrons. The van der Waals surface area contributed by atoms with Gasteiger partial charge in [-0.15, -0.1) is 0 Å².